The van der Waals surface area contributed by atoms with Gasteiger partial charge in [0.25, 0.3) is 0 Å². The first-order valence-electron chi connectivity index (χ1n) is 10.6. The van der Waals surface area contributed by atoms with Gasteiger partial charge in [-0.05, 0) is 68.6 Å². The number of benzene rings is 1. The Bertz CT molecular complexity index is 805. The summed E-state index contributed by atoms with van der Waals surface area (Å²) in [7, 11) is 0. The molecule has 0 unspecified atom stereocenters. The summed E-state index contributed by atoms with van der Waals surface area (Å²) in [6, 6.07) is 5.71. The summed E-state index contributed by atoms with van der Waals surface area (Å²) in [6.07, 6.45) is 9.34. The van der Waals surface area contributed by atoms with Crippen molar-refractivity contribution < 1.29 is 4.74 Å². The largest absolute Gasteiger partial charge is 0.379 e. The first-order chi connectivity index (χ1) is 13.3. The van der Waals surface area contributed by atoms with Gasteiger partial charge < -0.3 is 10.1 Å². The maximum atomic E-state index is 5.51. The van der Waals surface area contributed by atoms with E-state index in [4.69, 9.17) is 4.74 Å². The lowest BCUT2D eigenvalue weighted by Crippen LogP contribution is -2.46. The van der Waals surface area contributed by atoms with E-state index in [1.165, 1.54) is 55.0 Å². The van der Waals surface area contributed by atoms with Crippen LogP contribution >= 0.6 is 0 Å². The molecular weight excluding hydrogens is 336 g/mol. The molecule has 1 saturated heterocycles. The number of nitrogens with zero attached hydrogens (tertiary/aromatic N) is 3. The Morgan fingerprint density at radius 3 is 2.52 bits per heavy atom. The molecule has 1 N–H and O–H groups in total. The second kappa shape index (κ2) is 7.36. The number of aryl methyl sites for hydroxylation is 1. The molecule has 0 amide bonds. The lowest BCUT2D eigenvalue weighted by Gasteiger charge is -2.39. The number of aromatic nitrogens is 2. The zero-order valence-electron chi connectivity index (χ0n) is 16.3. The van der Waals surface area contributed by atoms with E-state index >= 15 is 0 Å². The molecule has 3 fully saturated rings. The molecule has 5 nitrogen and oxygen atoms in total. The Hall–Kier alpha value is -1.72. The van der Waals surface area contributed by atoms with Crippen LogP contribution in [-0.4, -0.2) is 53.3 Å². The van der Waals surface area contributed by atoms with Crippen LogP contribution in [0.5, 0.6) is 0 Å². The molecule has 3 aliphatic rings. The Morgan fingerprint density at radius 1 is 1.00 bits per heavy atom. The van der Waals surface area contributed by atoms with E-state index in [1.54, 1.807) is 6.33 Å². The summed E-state index contributed by atoms with van der Waals surface area (Å²) in [6.45, 7) is 6.24. The highest BCUT2D eigenvalue weighted by atomic mass is 16.5. The molecule has 0 bridgehead atoms. The van der Waals surface area contributed by atoms with Gasteiger partial charge >= 0.3 is 0 Å². The number of fused-ring (bicyclic) bond motifs is 1. The van der Waals surface area contributed by atoms with Crippen molar-refractivity contribution >= 4 is 16.7 Å². The van der Waals surface area contributed by atoms with Gasteiger partial charge in [0.1, 0.15) is 12.1 Å². The Kier molecular flexibility index (Phi) is 4.74. The SMILES string of the molecule is Cc1c(C2CC2)ccc2ncnc(N[C@H]3CC[C@H](N4CCOCC4)CC3)c12. The minimum absolute atomic E-state index is 0.518. The van der Waals surface area contributed by atoms with Crippen LogP contribution in [0.2, 0.25) is 0 Å². The topological polar surface area (TPSA) is 50.3 Å². The van der Waals surface area contributed by atoms with Gasteiger partial charge in [0.2, 0.25) is 0 Å². The number of hydrogen-bond acceptors (Lipinski definition) is 5. The van der Waals surface area contributed by atoms with Crippen LogP contribution in [0.4, 0.5) is 5.82 Å². The highest BCUT2D eigenvalue weighted by molar-refractivity contribution is 5.93. The Labute approximate surface area is 161 Å². The number of anilines is 1. The Balaban J connectivity index is 1.31. The number of rotatable bonds is 4. The van der Waals surface area contributed by atoms with Gasteiger partial charge in [-0.15, -0.1) is 0 Å². The molecule has 1 aromatic heterocycles. The minimum Gasteiger partial charge on any atom is -0.379 e. The third-order valence-corrected chi connectivity index (χ3v) is 6.72. The highest BCUT2D eigenvalue weighted by Gasteiger charge is 2.29. The van der Waals surface area contributed by atoms with E-state index in [9.17, 15) is 0 Å². The monoisotopic (exact) mass is 366 g/mol. The molecule has 5 rings (SSSR count). The maximum absolute atomic E-state index is 5.51. The molecule has 1 aromatic carbocycles. The average molecular weight is 367 g/mol. The fraction of sp³-hybridized carbons (Fsp3) is 0.636. The molecule has 2 aliphatic carbocycles. The lowest BCUT2D eigenvalue weighted by atomic mass is 9.89. The third-order valence-electron chi connectivity index (χ3n) is 6.72. The molecular formula is C22H30N4O. The molecule has 0 spiro atoms. The van der Waals surface area contributed by atoms with Crippen LogP contribution < -0.4 is 5.32 Å². The zero-order valence-corrected chi connectivity index (χ0v) is 16.3. The van der Waals surface area contributed by atoms with Crippen LogP contribution in [0.3, 0.4) is 0 Å². The van der Waals surface area contributed by atoms with Crippen LogP contribution in [-0.2, 0) is 4.74 Å². The number of nitrogens with one attached hydrogen (secondary N) is 1. The molecule has 5 heteroatoms. The van der Waals surface area contributed by atoms with E-state index in [-0.39, 0.29) is 0 Å². The van der Waals surface area contributed by atoms with Gasteiger partial charge in [-0.3, -0.25) is 4.90 Å². The van der Waals surface area contributed by atoms with Crippen molar-refractivity contribution in [3.8, 4) is 0 Å². The van der Waals surface area contributed by atoms with Crippen molar-refractivity contribution in [1.82, 2.24) is 14.9 Å². The smallest absolute Gasteiger partial charge is 0.137 e. The average Bonchev–Trinajstić information content (AvgIpc) is 3.55. The standard InChI is InChI=1S/C22H30N4O/c1-15-19(16-2-3-16)8-9-20-21(15)22(24-14-23-20)25-17-4-6-18(7-5-17)26-10-12-27-13-11-26/h8-9,14,16-18H,2-7,10-13H2,1H3,(H,23,24,25)/t17-,18-. The quantitative estimate of drug-likeness (QED) is 0.890. The summed E-state index contributed by atoms with van der Waals surface area (Å²) >= 11 is 0. The van der Waals surface area contributed by atoms with Crippen molar-refractivity contribution in [2.24, 2.45) is 0 Å². The van der Waals surface area contributed by atoms with Crippen molar-refractivity contribution in [2.75, 3.05) is 31.6 Å². The molecule has 27 heavy (non-hydrogen) atoms. The van der Waals surface area contributed by atoms with Gasteiger partial charge in [0, 0.05) is 30.6 Å². The Morgan fingerprint density at radius 2 is 1.78 bits per heavy atom. The zero-order chi connectivity index (χ0) is 18.2. The van der Waals surface area contributed by atoms with Crippen molar-refractivity contribution in [3.63, 3.8) is 0 Å². The molecule has 0 radical (unpaired) electrons. The molecule has 2 aromatic rings. The van der Waals surface area contributed by atoms with Crippen LogP contribution in [0.25, 0.3) is 10.9 Å². The van der Waals surface area contributed by atoms with Crippen LogP contribution in [0.1, 0.15) is 55.6 Å². The lowest BCUT2D eigenvalue weighted by molar-refractivity contribution is 0.00791. The summed E-state index contributed by atoms with van der Waals surface area (Å²) in [4.78, 5) is 11.8. The van der Waals surface area contributed by atoms with E-state index in [0.717, 1.165) is 49.6 Å². The number of ether oxygens (including phenoxy) is 1. The van der Waals surface area contributed by atoms with Crippen molar-refractivity contribution in [3.05, 3.63) is 29.6 Å². The molecule has 0 atom stereocenters. The predicted molar refractivity (Wildman–Crippen MR) is 108 cm³/mol. The highest BCUT2D eigenvalue weighted by Crippen LogP contribution is 2.43. The maximum Gasteiger partial charge on any atom is 0.137 e. The van der Waals surface area contributed by atoms with E-state index in [1.807, 2.05) is 0 Å². The minimum atomic E-state index is 0.518. The second-order valence-electron chi connectivity index (χ2n) is 8.47. The predicted octanol–water partition coefficient (Wildman–Crippen LogP) is 3.87. The van der Waals surface area contributed by atoms with Crippen LogP contribution in [0, 0.1) is 6.92 Å². The van der Waals surface area contributed by atoms with Gasteiger partial charge in [0.05, 0.1) is 18.7 Å². The van der Waals surface area contributed by atoms with Gasteiger partial charge in [-0.25, -0.2) is 9.97 Å². The summed E-state index contributed by atoms with van der Waals surface area (Å²) in [5.41, 5.74) is 3.94. The molecule has 144 valence electrons. The first-order valence-corrected chi connectivity index (χ1v) is 10.6. The van der Waals surface area contributed by atoms with E-state index < -0.39 is 0 Å². The summed E-state index contributed by atoms with van der Waals surface area (Å²) < 4.78 is 5.51. The number of hydrogen-bond donors (Lipinski definition) is 1. The molecule has 2 heterocycles. The second-order valence-corrected chi connectivity index (χ2v) is 8.47. The van der Waals surface area contributed by atoms with Crippen molar-refractivity contribution in [1.29, 1.82) is 0 Å². The van der Waals surface area contributed by atoms with E-state index in [2.05, 4.69) is 39.2 Å². The van der Waals surface area contributed by atoms with Crippen LogP contribution in [0.15, 0.2) is 18.5 Å². The van der Waals surface area contributed by atoms with Gasteiger partial charge in [-0.1, -0.05) is 6.07 Å². The van der Waals surface area contributed by atoms with E-state index in [0.29, 0.717) is 6.04 Å². The van der Waals surface area contributed by atoms with Crippen molar-refractivity contribution in [2.45, 2.75) is 63.5 Å². The first kappa shape index (κ1) is 17.4. The summed E-state index contributed by atoms with van der Waals surface area (Å²) in [5, 5.41) is 5.01. The normalized spacial score (nSPS) is 27.0. The van der Waals surface area contributed by atoms with Gasteiger partial charge in [0.15, 0.2) is 0 Å². The molecule has 2 saturated carbocycles. The number of morpholine rings is 1. The fourth-order valence-electron chi connectivity index (χ4n) is 5.00. The van der Waals surface area contributed by atoms with Gasteiger partial charge in [-0.2, -0.15) is 0 Å². The summed E-state index contributed by atoms with van der Waals surface area (Å²) in [5.74, 6) is 1.79. The molecule has 1 aliphatic heterocycles. The third kappa shape index (κ3) is 3.55. The fourth-order valence-corrected chi connectivity index (χ4v) is 5.00.